The van der Waals surface area contributed by atoms with E-state index in [9.17, 15) is 9.59 Å². The lowest BCUT2D eigenvalue weighted by molar-refractivity contribution is -0.146. The molecule has 0 aliphatic rings. The number of carbonyl (C=O) groups is 2. The Bertz CT molecular complexity index is 480. The number of carbonyl (C=O) groups excluding carboxylic acids is 2. The summed E-state index contributed by atoms with van der Waals surface area (Å²) in [5.41, 5.74) is 2.09. The van der Waals surface area contributed by atoms with Crippen molar-refractivity contribution in [2.75, 3.05) is 20.2 Å². The molecule has 0 heterocycles. The molecule has 0 aliphatic heterocycles. The molecule has 0 aliphatic carbocycles. The maximum atomic E-state index is 11.8. The largest absolute Gasteiger partial charge is 0.465 e. The van der Waals surface area contributed by atoms with Crippen LogP contribution >= 0.6 is 0 Å². The SMILES string of the molecule is CCOC(=O)CN(C)C(=O)/C=C/c1cccc(C)c1. The first kappa shape index (κ1) is 15.0. The van der Waals surface area contributed by atoms with Gasteiger partial charge >= 0.3 is 5.97 Å². The molecular weight excluding hydrogens is 242 g/mol. The minimum atomic E-state index is -0.401. The molecule has 1 aromatic carbocycles. The molecule has 0 aromatic heterocycles. The lowest BCUT2D eigenvalue weighted by Crippen LogP contribution is -2.31. The quantitative estimate of drug-likeness (QED) is 0.602. The maximum Gasteiger partial charge on any atom is 0.325 e. The highest BCUT2D eigenvalue weighted by atomic mass is 16.5. The molecule has 0 atom stereocenters. The van der Waals surface area contributed by atoms with Crippen LogP contribution in [-0.4, -0.2) is 37.0 Å². The number of hydrogen-bond donors (Lipinski definition) is 0. The van der Waals surface area contributed by atoms with E-state index in [-0.39, 0.29) is 12.5 Å². The lowest BCUT2D eigenvalue weighted by Gasteiger charge is -2.13. The van der Waals surface area contributed by atoms with Crippen LogP contribution in [0.2, 0.25) is 0 Å². The fraction of sp³-hybridized carbons (Fsp3) is 0.333. The number of hydrogen-bond acceptors (Lipinski definition) is 3. The Hall–Kier alpha value is -2.10. The van der Waals surface area contributed by atoms with Crippen molar-refractivity contribution in [1.29, 1.82) is 0 Å². The van der Waals surface area contributed by atoms with E-state index in [0.29, 0.717) is 6.61 Å². The Morgan fingerprint density at radius 1 is 1.37 bits per heavy atom. The van der Waals surface area contributed by atoms with Crippen molar-refractivity contribution in [3.8, 4) is 0 Å². The van der Waals surface area contributed by atoms with Gasteiger partial charge in [-0.1, -0.05) is 29.8 Å². The molecule has 1 amide bonds. The van der Waals surface area contributed by atoms with Crippen molar-refractivity contribution in [3.05, 3.63) is 41.5 Å². The molecule has 0 saturated carbocycles. The van der Waals surface area contributed by atoms with Crippen molar-refractivity contribution < 1.29 is 14.3 Å². The van der Waals surface area contributed by atoms with E-state index < -0.39 is 5.97 Å². The summed E-state index contributed by atoms with van der Waals surface area (Å²) in [4.78, 5) is 24.3. The summed E-state index contributed by atoms with van der Waals surface area (Å²) in [7, 11) is 1.57. The van der Waals surface area contributed by atoms with Gasteiger partial charge in [0.2, 0.25) is 5.91 Å². The number of nitrogens with zero attached hydrogens (tertiary/aromatic N) is 1. The topological polar surface area (TPSA) is 46.6 Å². The smallest absolute Gasteiger partial charge is 0.325 e. The first-order valence-corrected chi connectivity index (χ1v) is 6.18. The summed E-state index contributed by atoms with van der Waals surface area (Å²) in [6, 6.07) is 7.82. The molecule has 0 bridgehead atoms. The Morgan fingerprint density at radius 2 is 2.11 bits per heavy atom. The standard InChI is InChI=1S/C15H19NO3/c1-4-19-15(18)11-16(3)14(17)9-8-13-7-5-6-12(2)10-13/h5-10H,4,11H2,1-3H3/b9-8+. The number of amides is 1. The molecule has 4 heteroatoms. The minimum absolute atomic E-state index is 0.0369. The highest BCUT2D eigenvalue weighted by Gasteiger charge is 2.10. The Balaban J connectivity index is 2.56. The second kappa shape index (κ2) is 7.36. The number of benzene rings is 1. The number of likely N-dealkylation sites (N-methyl/N-ethyl adjacent to an activating group) is 1. The van der Waals surface area contributed by atoms with Crippen LogP contribution in [0, 0.1) is 6.92 Å². The van der Waals surface area contributed by atoms with Gasteiger partial charge in [-0.2, -0.15) is 0 Å². The summed E-state index contributed by atoms with van der Waals surface area (Å²) in [6.45, 7) is 4.01. The summed E-state index contributed by atoms with van der Waals surface area (Å²) in [6.07, 6.45) is 3.19. The molecule has 0 unspecified atom stereocenters. The van der Waals surface area contributed by atoms with E-state index in [1.165, 1.54) is 11.0 Å². The zero-order valence-corrected chi connectivity index (χ0v) is 11.6. The fourth-order valence-electron chi connectivity index (χ4n) is 1.55. The van der Waals surface area contributed by atoms with E-state index in [1.54, 1.807) is 20.0 Å². The van der Waals surface area contributed by atoms with E-state index in [4.69, 9.17) is 4.74 Å². The van der Waals surface area contributed by atoms with Gasteiger partial charge in [0.1, 0.15) is 6.54 Å². The normalized spacial score (nSPS) is 10.5. The van der Waals surface area contributed by atoms with Crippen LogP contribution in [0.4, 0.5) is 0 Å². The summed E-state index contributed by atoms with van der Waals surface area (Å²) in [5.74, 6) is -0.628. The number of esters is 1. The van der Waals surface area contributed by atoms with Gasteiger partial charge in [-0.3, -0.25) is 9.59 Å². The van der Waals surface area contributed by atoms with Gasteiger partial charge in [0.15, 0.2) is 0 Å². The number of ether oxygens (including phenoxy) is 1. The van der Waals surface area contributed by atoms with Crippen LogP contribution in [0.1, 0.15) is 18.1 Å². The van der Waals surface area contributed by atoms with Gasteiger partial charge in [-0.05, 0) is 25.5 Å². The summed E-state index contributed by atoms with van der Waals surface area (Å²) < 4.78 is 4.78. The molecule has 4 nitrogen and oxygen atoms in total. The highest BCUT2D eigenvalue weighted by molar-refractivity contribution is 5.93. The van der Waals surface area contributed by atoms with Crippen LogP contribution < -0.4 is 0 Å². The molecule has 0 N–H and O–H groups in total. The predicted molar refractivity (Wildman–Crippen MR) is 74.5 cm³/mol. The Labute approximate surface area is 113 Å². The zero-order chi connectivity index (χ0) is 14.3. The van der Waals surface area contributed by atoms with Crippen molar-refractivity contribution in [3.63, 3.8) is 0 Å². The van der Waals surface area contributed by atoms with E-state index >= 15 is 0 Å². The molecule has 102 valence electrons. The van der Waals surface area contributed by atoms with Crippen LogP contribution in [0.3, 0.4) is 0 Å². The summed E-state index contributed by atoms with van der Waals surface area (Å²) in [5, 5.41) is 0. The van der Waals surface area contributed by atoms with Gasteiger partial charge in [0.05, 0.1) is 6.61 Å². The second-order valence-electron chi connectivity index (χ2n) is 4.25. The van der Waals surface area contributed by atoms with Crippen molar-refractivity contribution in [1.82, 2.24) is 4.90 Å². The fourth-order valence-corrected chi connectivity index (χ4v) is 1.55. The molecular formula is C15H19NO3. The van der Waals surface area contributed by atoms with Crippen LogP contribution in [0.5, 0.6) is 0 Å². The van der Waals surface area contributed by atoms with Gasteiger partial charge in [-0.15, -0.1) is 0 Å². The van der Waals surface area contributed by atoms with Gasteiger partial charge in [0.25, 0.3) is 0 Å². The third-order valence-corrected chi connectivity index (χ3v) is 2.51. The van der Waals surface area contributed by atoms with E-state index in [0.717, 1.165) is 11.1 Å². The lowest BCUT2D eigenvalue weighted by atomic mass is 10.1. The van der Waals surface area contributed by atoms with Gasteiger partial charge in [-0.25, -0.2) is 0 Å². The molecule has 1 aromatic rings. The second-order valence-corrected chi connectivity index (χ2v) is 4.25. The average molecular weight is 261 g/mol. The number of aryl methyl sites for hydroxylation is 1. The highest BCUT2D eigenvalue weighted by Crippen LogP contribution is 2.06. The molecule has 1 rings (SSSR count). The first-order valence-electron chi connectivity index (χ1n) is 6.18. The van der Waals surface area contributed by atoms with Crippen molar-refractivity contribution >= 4 is 18.0 Å². The first-order chi connectivity index (χ1) is 9.02. The molecule has 0 fully saturated rings. The van der Waals surface area contributed by atoms with Gasteiger partial charge < -0.3 is 9.64 Å². The maximum absolute atomic E-state index is 11.8. The monoisotopic (exact) mass is 261 g/mol. The summed E-state index contributed by atoms with van der Waals surface area (Å²) >= 11 is 0. The minimum Gasteiger partial charge on any atom is -0.465 e. The molecule has 0 radical (unpaired) electrons. The Kier molecular flexibility index (Phi) is 5.79. The van der Waals surface area contributed by atoms with E-state index in [1.807, 2.05) is 31.2 Å². The van der Waals surface area contributed by atoms with E-state index in [2.05, 4.69) is 0 Å². The predicted octanol–water partition coefficient (Wildman–Crippen LogP) is 2.03. The number of rotatable bonds is 5. The zero-order valence-electron chi connectivity index (χ0n) is 11.6. The molecule has 0 spiro atoms. The molecule has 0 saturated heterocycles. The van der Waals surface area contributed by atoms with Crippen LogP contribution in [0.25, 0.3) is 6.08 Å². The van der Waals surface area contributed by atoms with Crippen LogP contribution in [0.15, 0.2) is 30.3 Å². The molecule has 19 heavy (non-hydrogen) atoms. The third-order valence-electron chi connectivity index (χ3n) is 2.51. The van der Waals surface area contributed by atoms with Crippen LogP contribution in [-0.2, 0) is 14.3 Å². The van der Waals surface area contributed by atoms with Crippen molar-refractivity contribution in [2.45, 2.75) is 13.8 Å². The third kappa shape index (κ3) is 5.38. The Morgan fingerprint density at radius 3 is 2.74 bits per heavy atom. The van der Waals surface area contributed by atoms with Crippen molar-refractivity contribution in [2.24, 2.45) is 0 Å². The van der Waals surface area contributed by atoms with Gasteiger partial charge in [0, 0.05) is 13.1 Å². The average Bonchev–Trinajstić information content (AvgIpc) is 2.36.